The predicted octanol–water partition coefficient (Wildman–Crippen LogP) is 1.75. The second-order valence-electron chi connectivity index (χ2n) is 4.75. The van der Waals surface area contributed by atoms with Crippen molar-refractivity contribution in [2.24, 2.45) is 0 Å². The van der Waals surface area contributed by atoms with Gasteiger partial charge in [-0.2, -0.15) is 0 Å². The summed E-state index contributed by atoms with van der Waals surface area (Å²) in [5, 5.41) is 4.94. The van der Waals surface area contributed by atoms with Gasteiger partial charge in [-0.3, -0.25) is 19.7 Å². The zero-order valence-electron chi connectivity index (χ0n) is 11.1. The van der Waals surface area contributed by atoms with Crippen molar-refractivity contribution < 1.29 is 14.4 Å². The van der Waals surface area contributed by atoms with Gasteiger partial charge in [0.1, 0.15) is 0 Å². The van der Waals surface area contributed by atoms with E-state index < -0.39 is 11.8 Å². The van der Waals surface area contributed by atoms with Crippen LogP contribution in [0.25, 0.3) is 0 Å². The van der Waals surface area contributed by atoms with E-state index in [-0.39, 0.29) is 17.9 Å². The largest absolute Gasteiger partial charge is 0.326 e. The van der Waals surface area contributed by atoms with Crippen LogP contribution in [0.15, 0.2) is 48.5 Å². The number of carbonyl (C=O) groups excluding carboxylic acids is 3. The van der Waals surface area contributed by atoms with Crippen LogP contribution in [0.1, 0.15) is 26.3 Å². The summed E-state index contributed by atoms with van der Waals surface area (Å²) in [7, 11) is 0. The van der Waals surface area contributed by atoms with Crippen molar-refractivity contribution in [2.75, 3.05) is 5.32 Å². The number of amides is 3. The molecule has 1 aliphatic rings. The molecule has 5 nitrogen and oxygen atoms in total. The third-order valence-corrected chi connectivity index (χ3v) is 3.23. The molecule has 0 fully saturated rings. The van der Waals surface area contributed by atoms with Gasteiger partial charge in [0.15, 0.2) is 0 Å². The van der Waals surface area contributed by atoms with Crippen molar-refractivity contribution in [1.29, 1.82) is 0 Å². The van der Waals surface area contributed by atoms with E-state index in [4.69, 9.17) is 0 Å². The first-order chi connectivity index (χ1) is 10.1. The molecule has 2 aromatic rings. The van der Waals surface area contributed by atoms with Gasteiger partial charge in [-0.25, -0.2) is 0 Å². The quantitative estimate of drug-likeness (QED) is 0.841. The topological polar surface area (TPSA) is 75.3 Å². The lowest BCUT2D eigenvalue weighted by molar-refractivity contribution is -0.115. The summed E-state index contributed by atoms with van der Waals surface area (Å²) in [5.41, 5.74) is 2.03. The van der Waals surface area contributed by atoms with Crippen LogP contribution in [0.2, 0.25) is 0 Å². The van der Waals surface area contributed by atoms with E-state index in [9.17, 15) is 14.4 Å². The van der Waals surface area contributed by atoms with Crippen molar-refractivity contribution in [3.05, 3.63) is 65.2 Å². The molecule has 0 bridgehead atoms. The molecule has 3 rings (SSSR count). The molecular formula is C16H12N2O3. The average molecular weight is 280 g/mol. The molecule has 0 aliphatic carbocycles. The molecule has 1 heterocycles. The number of nitrogens with one attached hydrogen (secondary N) is 2. The Morgan fingerprint density at radius 1 is 0.952 bits per heavy atom. The van der Waals surface area contributed by atoms with Gasteiger partial charge >= 0.3 is 0 Å². The minimum absolute atomic E-state index is 0.175. The number of imide groups is 1. The molecule has 0 saturated carbocycles. The first kappa shape index (κ1) is 13.1. The molecule has 21 heavy (non-hydrogen) atoms. The molecule has 5 heteroatoms. The molecule has 2 N–H and O–H groups in total. The molecule has 104 valence electrons. The highest BCUT2D eigenvalue weighted by Crippen LogP contribution is 2.20. The molecular weight excluding hydrogens is 268 g/mol. The fourth-order valence-electron chi connectivity index (χ4n) is 2.23. The van der Waals surface area contributed by atoms with E-state index in [1.807, 2.05) is 30.3 Å². The van der Waals surface area contributed by atoms with Crippen LogP contribution in [-0.4, -0.2) is 17.7 Å². The number of hydrogen-bond acceptors (Lipinski definition) is 3. The molecule has 0 saturated heterocycles. The van der Waals surface area contributed by atoms with Crippen LogP contribution < -0.4 is 10.6 Å². The van der Waals surface area contributed by atoms with Gasteiger partial charge in [-0.1, -0.05) is 30.3 Å². The third kappa shape index (κ3) is 2.67. The Hall–Kier alpha value is -2.95. The smallest absolute Gasteiger partial charge is 0.259 e. The lowest BCUT2D eigenvalue weighted by Gasteiger charge is -2.06. The maximum Gasteiger partial charge on any atom is 0.259 e. The first-order valence-electron chi connectivity index (χ1n) is 6.47. The standard InChI is InChI=1S/C16H12N2O3/c19-14(8-10-4-2-1-3-5-10)17-11-6-7-12-13(9-11)16(21)18-15(12)20/h1-7,9H,8H2,(H,17,19)(H,18,20,21). The summed E-state index contributed by atoms with van der Waals surface area (Å²) in [5.74, 6) is -1.02. The molecule has 3 amide bonds. The lowest BCUT2D eigenvalue weighted by atomic mass is 10.1. The summed E-state index contributed by atoms with van der Waals surface area (Å²) in [6, 6.07) is 14.0. The Morgan fingerprint density at radius 2 is 1.67 bits per heavy atom. The number of rotatable bonds is 3. The minimum atomic E-state index is -0.436. The Kier molecular flexibility index (Phi) is 3.23. The van der Waals surface area contributed by atoms with Crippen molar-refractivity contribution in [3.63, 3.8) is 0 Å². The summed E-state index contributed by atoms with van der Waals surface area (Å²) < 4.78 is 0. The van der Waals surface area contributed by atoms with Crippen LogP contribution >= 0.6 is 0 Å². The van der Waals surface area contributed by atoms with Crippen LogP contribution in [0.5, 0.6) is 0 Å². The third-order valence-electron chi connectivity index (χ3n) is 3.23. The van der Waals surface area contributed by atoms with Gasteiger partial charge in [-0.05, 0) is 23.8 Å². The van der Waals surface area contributed by atoms with E-state index in [1.165, 1.54) is 12.1 Å². The number of fused-ring (bicyclic) bond motifs is 1. The fraction of sp³-hybridized carbons (Fsp3) is 0.0625. The Morgan fingerprint density at radius 3 is 2.43 bits per heavy atom. The molecule has 0 atom stereocenters. The van der Waals surface area contributed by atoms with Crippen molar-refractivity contribution in [1.82, 2.24) is 5.32 Å². The minimum Gasteiger partial charge on any atom is -0.326 e. The molecule has 0 unspecified atom stereocenters. The van der Waals surface area contributed by atoms with Crippen molar-refractivity contribution in [2.45, 2.75) is 6.42 Å². The molecule has 1 aliphatic heterocycles. The first-order valence-corrected chi connectivity index (χ1v) is 6.47. The van der Waals surface area contributed by atoms with Gasteiger partial charge in [0.25, 0.3) is 11.8 Å². The zero-order chi connectivity index (χ0) is 14.8. The number of carbonyl (C=O) groups is 3. The fourth-order valence-corrected chi connectivity index (χ4v) is 2.23. The van der Waals surface area contributed by atoms with E-state index >= 15 is 0 Å². The molecule has 0 aromatic heterocycles. The summed E-state index contributed by atoms with van der Waals surface area (Å²) in [6.07, 6.45) is 0.253. The highest BCUT2D eigenvalue weighted by Gasteiger charge is 2.26. The van der Waals surface area contributed by atoms with Gasteiger partial charge in [0.05, 0.1) is 17.5 Å². The Balaban J connectivity index is 1.74. The number of hydrogen-bond donors (Lipinski definition) is 2. The average Bonchev–Trinajstić information content (AvgIpc) is 2.74. The van der Waals surface area contributed by atoms with E-state index in [2.05, 4.69) is 10.6 Å². The highest BCUT2D eigenvalue weighted by molar-refractivity contribution is 6.22. The molecule has 2 aromatic carbocycles. The second kappa shape index (κ2) is 5.20. The van der Waals surface area contributed by atoms with E-state index in [1.54, 1.807) is 6.07 Å². The Labute approximate surface area is 121 Å². The SMILES string of the molecule is O=C(Cc1ccccc1)Nc1ccc2c(c1)C(=O)NC2=O. The summed E-state index contributed by atoms with van der Waals surface area (Å²) in [4.78, 5) is 34.9. The monoisotopic (exact) mass is 280 g/mol. The van der Waals surface area contributed by atoms with E-state index in [0.717, 1.165) is 5.56 Å². The number of anilines is 1. The highest BCUT2D eigenvalue weighted by atomic mass is 16.2. The summed E-state index contributed by atoms with van der Waals surface area (Å²) in [6.45, 7) is 0. The van der Waals surface area contributed by atoms with Gasteiger partial charge < -0.3 is 5.32 Å². The maximum absolute atomic E-state index is 11.9. The van der Waals surface area contributed by atoms with E-state index in [0.29, 0.717) is 11.3 Å². The number of benzene rings is 2. The van der Waals surface area contributed by atoms with Crippen LogP contribution in [0.3, 0.4) is 0 Å². The second-order valence-corrected chi connectivity index (χ2v) is 4.75. The normalized spacial score (nSPS) is 12.8. The summed E-state index contributed by atoms with van der Waals surface area (Å²) >= 11 is 0. The maximum atomic E-state index is 11.9. The lowest BCUT2D eigenvalue weighted by Crippen LogP contribution is -2.19. The van der Waals surface area contributed by atoms with Gasteiger partial charge in [0, 0.05) is 5.69 Å². The Bertz CT molecular complexity index is 738. The zero-order valence-corrected chi connectivity index (χ0v) is 11.1. The van der Waals surface area contributed by atoms with Gasteiger partial charge in [0.2, 0.25) is 5.91 Å². The molecule has 0 spiro atoms. The van der Waals surface area contributed by atoms with Gasteiger partial charge in [-0.15, -0.1) is 0 Å². The van der Waals surface area contributed by atoms with Crippen LogP contribution in [0, 0.1) is 0 Å². The van der Waals surface area contributed by atoms with Crippen molar-refractivity contribution in [3.8, 4) is 0 Å². The van der Waals surface area contributed by atoms with Crippen LogP contribution in [-0.2, 0) is 11.2 Å². The predicted molar refractivity (Wildman–Crippen MR) is 77.0 cm³/mol. The van der Waals surface area contributed by atoms with Crippen LogP contribution in [0.4, 0.5) is 5.69 Å². The molecule has 0 radical (unpaired) electrons. The van der Waals surface area contributed by atoms with Crippen molar-refractivity contribution >= 4 is 23.4 Å².